The summed E-state index contributed by atoms with van der Waals surface area (Å²) in [6, 6.07) is 16.0. The summed E-state index contributed by atoms with van der Waals surface area (Å²) >= 11 is 1.63. The van der Waals surface area contributed by atoms with Crippen molar-refractivity contribution in [1.82, 2.24) is 14.8 Å². The average Bonchev–Trinajstić information content (AvgIpc) is 3.46. The molecule has 1 aromatic carbocycles. The first-order valence-electron chi connectivity index (χ1n) is 9.09. The number of fused-ring (bicyclic) bond motifs is 1. The molecule has 0 fully saturated rings. The number of aryl methyl sites for hydroxylation is 1. The molecule has 0 bridgehead atoms. The molecule has 0 atom stereocenters. The number of pyridine rings is 1. The number of hydrogen-bond acceptors (Lipinski definition) is 5. The fraction of sp³-hybridized carbons (Fsp3) is 0.0455. The average molecular weight is 399 g/mol. The monoisotopic (exact) mass is 399 g/mol. The van der Waals surface area contributed by atoms with Gasteiger partial charge in [-0.25, -0.2) is 4.98 Å². The zero-order chi connectivity index (χ0) is 19.8. The van der Waals surface area contributed by atoms with Gasteiger partial charge < -0.3 is 10.6 Å². The Morgan fingerprint density at radius 2 is 1.97 bits per heavy atom. The van der Waals surface area contributed by atoms with Crippen molar-refractivity contribution in [3.8, 4) is 22.4 Å². The number of thiophene rings is 1. The van der Waals surface area contributed by atoms with Crippen molar-refractivity contribution in [3.63, 3.8) is 0 Å². The Morgan fingerprint density at radius 3 is 2.76 bits per heavy atom. The maximum Gasteiger partial charge on any atom is 0.259 e. The summed E-state index contributed by atoms with van der Waals surface area (Å²) in [4.78, 5) is 16.9. The minimum Gasteiger partial charge on any atom is -0.346 e. The van der Waals surface area contributed by atoms with E-state index in [9.17, 15) is 4.79 Å². The predicted octanol–water partition coefficient (Wildman–Crippen LogP) is 4.62. The highest BCUT2D eigenvalue weighted by Gasteiger charge is 2.26. The molecule has 0 unspecified atom stereocenters. The summed E-state index contributed by atoms with van der Waals surface area (Å²) in [6.07, 6.45) is 3.50. The molecule has 7 heteroatoms. The molecule has 1 aliphatic rings. The summed E-state index contributed by atoms with van der Waals surface area (Å²) in [7, 11) is 1.87. The maximum absolute atomic E-state index is 12.5. The Bertz CT molecular complexity index is 1230. The van der Waals surface area contributed by atoms with Crippen LogP contribution in [0.1, 0.15) is 5.56 Å². The number of anilines is 2. The molecular formula is C22H17N5OS. The van der Waals surface area contributed by atoms with Crippen LogP contribution in [0, 0.1) is 0 Å². The normalized spacial score (nSPS) is 14.1. The van der Waals surface area contributed by atoms with E-state index in [1.165, 1.54) is 0 Å². The van der Waals surface area contributed by atoms with Crippen LogP contribution < -0.4 is 10.6 Å². The molecule has 29 heavy (non-hydrogen) atoms. The van der Waals surface area contributed by atoms with Crippen LogP contribution in [-0.2, 0) is 11.8 Å². The topological polar surface area (TPSA) is 71.8 Å². The summed E-state index contributed by atoms with van der Waals surface area (Å²) in [5.41, 5.74) is 5.32. The van der Waals surface area contributed by atoms with Gasteiger partial charge in [0.15, 0.2) is 0 Å². The van der Waals surface area contributed by atoms with Gasteiger partial charge in [-0.05, 0) is 28.5 Å². The summed E-state index contributed by atoms with van der Waals surface area (Å²) in [5, 5.41) is 14.7. The Hall–Kier alpha value is -3.71. The lowest BCUT2D eigenvalue weighted by molar-refractivity contribution is -0.110. The Morgan fingerprint density at radius 1 is 1.10 bits per heavy atom. The van der Waals surface area contributed by atoms with E-state index < -0.39 is 0 Å². The molecular weight excluding hydrogens is 382 g/mol. The van der Waals surface area contributed by atoms with Crippen LogP contribution in [0.15, 0.2) is 71.7 Å². The van der Waals surface area contributed by atoms with Crippen molar-refractivity contribution in [2.75, 3.05) is 10.6 Å². The van der Waals surface area contributed by atoms with Crippen LogP contribution in [0.5, 0.6) is 0 Å². The molecule has 0 spiro atoms. The van der Waals surface area contributed by atoms with Gasteiger partial charge in [-0.3, -0.25) is 9.48 Å². The quantitative estimate of drug-likeness (QED) is 0.492. The first kappa shape index (κ1) is 17.4. The number of carbonyl (C=O) groups excluding carboxylic acids is 1. The van der Waals surface area contributed by atoms with E-state index in [4.69, 9.17) is 0 Å². The van der Waals surface area contributed by atoms with Crippen molar-refractivity contribution in [2.45, 2.75) is 0 Å². The van der Waals surface area contributed by atoms with Crippen molar-refractivity contribution in [1.29, 1.82) is 0 Å². The molecule has 5 rings (SSSR count). The molecule has 0 saturated carbocycles. The minimum atomic E-state index is -0.173. The maximum atomic E-state index is 12.5. The molecule has 4 heterocycles. The third kappa shape index (κ3) is 3.21. The predicted molar refractivity (Wildman–Crippen MR) is 116 cm³/mol. The number of nitrogens with one attached hydrogen (secondary N) is 2. The summed E-state index contributed by atoms with van der Waals surface area (Å²) < 4.78 is 1.76. The van der Waals surface area contributed by atoms with Gasteiger partial charge in [0.1, 0.15) is 11.6 Å². The van der Waals surface area contributed by atoms with E-state index in [1.807, 2.05) is 61.0 Å². The van der Waals surface area contributed by atoms with Gasteiger partial charge >= 0.3 is 0 Å². The van der Waals surface area contributed by atoms with Gasteiger partial charge in [0.05, 0.1) is 11.3 Å². The number of hydrogen-bond donors (Lipinski definition) is 2. The second-order valence-corrected chi connectivity index (χ2v) is 7.47. The number of benzene rings is 1. The van der Waals surface area contributed by atoms with Crippen molar-refractivity contribution >= 4 is 34.5 Å². The fourth-order valence-corrected chi connectivity index (χ4v) is 3.96. The van der Waals surface area contributed by atoms with Crippen LogP contribution in [0.25, 0.3) is 28.0 Å². The molecule has 1 amide bonds. The van der Waals surface area contributed by atoms with E-state index in [1.54, 1.807) is 28.4 Å². The first-order chi connectivity index (χ1) is 14.2. The van der Waals surface area contributed by atoms with Crippen LogP contribution in [0.3, 0.4) is 0 Å². The van der Waals surface area contributed by atoms with Gasteiger partial charge in [0.2, 0.25) is 0 Å². The van der Waals surface area contributed by atoms with Gasteiger partial charge in [-0.2, -0.15) is 16.4 Å². The number of carbonyl (C=O) groups is 1. The highest BCUT2D eigenvalue weighted by Crippen LogP contribution is 2.34. The second kappa shape index (κ2) is 7.03. The summed E-state index contributed by atoms with van der Waals surface area (Å²) in [5.74, 6) is 1.20. The molecule has 0 aliphatic carbocycles. The lowest BCUT2D eigenvalue weighted by Gasteiger charge is -2.04. The largest absolute Gasteiger partial charge is 0.346 e. The van der Waals surface area contributed by atoms with Gasteiger partial charge in [0.25, 0.3) is 5.91 Å². The van der Waals surface area contributed by atoms with Crippen LogP contribution in [-0.4, -0.2) is 20.7 Å². The smallest absolute Gasteiger partial charge is 0.259 e. The minimum absolute atomic E-state index is 0.173. The SMILES string of the molecule is Cn1nc(-c2ccccc2)cc1NC=C1C(=O)Nc2ncc(-c3ccsc3)cc21. The van der Waals surface area contributed by atoms with Crippen molar-refractivity contribution < 1.29 is 4.79 Å². The lowest BCUT2D eigenvalue weighted by Crippen LogP contribution is -2.06. The van der Waals surface area contributed by atoms with E-state index in [2.05, 4.69) is 26.1 Å². The lowest BCUT2D eigenvalue weighted by atomic mass is 10.1. The summed E-state index contributed by atoms with van der Waals surface area (Å²) in [6.45, 7) is 0. The molecule has 0 saturated heterocycles. The Labute approximate surface area is 171 Å². The third-order valence-corrected chi connectivity index (χ3v) is 5.51. The zero-order valence-corrected chi connectivity index (χ0v) is 16.4. The van der Waals surface area contributed by atoms with Gasteiger partial charge in [0, 0.05) is 42.2 Å². The number of rotatable bonds is 4. The van der Waals surface area contributed by atoms with Crippen LogP contribution in [0.2, 0.25) is 0 Å². The van der Waals surface area contributed by atoms with E-state index in [0.717, 1.165) is 33.8 Å². The molecule has 4 aromatic rings. The standard InChI is InChI=1S/C22H17N5OS/c1-27-20(10-19(26-27)14-5-3-2-4-6-14)23-12-18-17-9-16(15-7-8-29-13-15)11-24-21(17)25-22(18)28/h2-13,23H,1H3,(H,24,25,28). The van der Waals surface area contributed by atoms with Gasteiger partial charge in [-0.15, -0.1) is 0 Å². The highest BCUT2D eigenvalue weighted by molar-refractivity contribution is 7.08. The van der Waals surface area contributed by atoms with Crippen LogP contribution >= 0.6 is 11.3 Å². The Kier molecular flexibility index (Phi) is 4.22. The number of amides is 1. The number of aromatic nitrogens is 3. The first-order valence-corrected chi connectivity index (χ1v) is 10.0. The molecule has 3 aromatic heterocycles. The zero-order valence-electron chi connectivity index (χ0n) is 15.6. The van der Waals surface area contributed by atoms with E-state index in [0.29, 0.717) is 11.4 Å². The van der Waals surface area contributed by atoms with Crippen molar-refractivity contribution in [3.05, 3.63) is 77.3 Å². The van der Waals surface area contributed by atoms with Crippen LogP contribution in [0.4, 0.5) is 11.6 Å². The molecule has 1 aliphatic heterocycles. The fourth-order valence-electron chi connectivity index (χ4n) is 3.30. The molecule has 2 N–H and O–H groups in total. The number of nitrogens with zero attached hydrogens (tertiary/aromatic N) is 3. The second-order valence-electron chi connectivity index (χ2n) is 6.69. The van der Waals surface area contributed by atoms with E-state index in [-0.39, 0.29) is 5.91 Å². The third-order valence-electron chi connectivity index (χ3n) is 4.82. The molecule has 0 radical (unpaired) electrons. The highest BCUT2D eigenvalue weighted by atomic mass is 32.1. The Balaban J connectivity index is 1.46. The van der Waals surface area contributed by atoms with E-state index >= 15 is 0 Å². The molecule has 6 nitrogen and oxygen atoms in total. The van der Waals surface area contributed by atoms with Gasteiger partial charge in [-0.1, -0.05) is 30.3 Å². The van der Waals surface area contributed by atoms with Crippen molar-refractivity contribution in [2.24, 2.45) is 7.05 Å². The molecule has 142 valence electrons.